The first-order chi connectivity index (χ1) is 11.6. The number of para-hydroxylation sites is 1. The summed E-state index contributed by atoms with van der Waals surface area (Å²) < 4.78 is 1.87. The Bertz CT molecular complexity index is 841. The lowest BCUT2D eigenvalue weighted by atomic mass is 10.1. The zero-order valence-corrected chi connectivity index (χ0v) is 16.4. The van der Waals surface area contributed by atoms with E-state index >= 15 is 0 Å². The fraction of sp³-hybridized carbons (Fsp3) is 0.474. The summed E-state index contributed by atoms with van der Waals surface area (Å²) in [6.45, 7) is 4.19. The molecule has 136 valence electrons. The third-order valence-electron chi connectivity index (χ3n) is 4.43. The van der Waals surface area contributed by atoms with Gasteiger partial charge in [0, 0.05) is 19.0 Å². The van der Waals surface area contributed by atoms with Crippen LogP contribution in [0.5, 0.6) is 0 Å². The van der Waals surface area contributed by atoms with E-state index < -0.39 is 0 Å². The van der Waals surface area contributed by atoms with Gasteiger partial charge >= 0.3 is 0 Å². The molecule has 0 aliphatic carbocycles. The summed E-state index contributed by atoms with van der Waals surface area (Å²) in [5, 5.41) is 10.5. The highest BCUT2D eigenvalue weighted by atomic mass is 35.5. The van der Waals surface area contributed by atoms with Gasteiger partial charge in [-0.05, 0) is 46.5 Å². The second-order valence-electron chi connectivity index (χ2n) is 6.70. The van der Waals surface area contributed by atoms with Crippen LogP contribution in [-0.4, -0.2) is 46.8 Å². The number of nitrogens with zero attached hydrogens (tertiary/aromatic N) is 4. The average molecular weight is 362 g/mol. The van der Waals surface area contributed by atoms with Crippen LogP contribution >= 0.6 is 12.4 Å². The summed E-state index contributed by atoms with van der Waals surface area (Å²) in [6, 6.07) is 8.32. The summed E-state index contributed by atoms with van der Waals surface area (Å²) in [5.41, 5.74) is 4.17. The van der Waals surface area contributed by atoms with E-state index in [1.165, 1.54) is 30.3 Å². The number of halogens is 1. The fourth-order valence-corrected chi connectivity index (χ4v) is 3.23. The predicted molar refractivity (Wildman–Crippen MR) is 109 cm³/mol. The van der Waals surface area contributed by atoms with E-state index in [4.69, 9.17) is 4.98 Å². The number of nitrogens with one attached hydrogen (secondary N) is 1. The molecule has 0 aliphatic heterocycles. The van der Waals surface area contributed by atoms with Crippen LogP contribution < -0.4 is 5.32 Å². The Morgan fingerprint density at radius 2 is 1.88 bits per heavy atom. The van der Waals surface area contributed by atoms with Crippen molar-refractivity contribution >= 4 is 40.0 Å². The van der Waals surface area contributed by atoms with Gasteiger partial charge in [0.1, 0.15) is 0 Å². The van der Waals surface area contributed by atoms with Gasteiger partial charge in [-0.3, -0.25) is 4.68 Å². The molecule has 2 heterocycles. The number of pyridine rings is 1. The molecule has 2 aromatic heterocycles. The number of rotatable bonds is 7. The van der Waals surface area contributed by atoms with Crippen molar-refractivity contribution in [3.05, 3.63) is 30.0 Å². The van der Waals surface area contributed by atoms with Gasteiger partial charge in [0.05, 0.1) is 22.3 Å². The van der Waals surface area contributed by atoms with Gasteiger partial charge in [0.15, 0.2) is 5.65 Å². The van der Waals surface area contributed by atoms with Gasteiger partial charge in [-0.15, -0.1) is 12.4 Å². The molecule has 0 atom stereocenters. The Kier molecular flexibility index (Phi) is 6.62. The summed E-state index contributed by atoms with van der Waals surface area (Å²) in [6.07, 6.45) is 3.65. The van der Waals surface area contributed by atoms with Crippen LogP contribution in [0.1, 0.15) is 25.0 Å². The van der Waals surface area contributed by atoms with E-state index in [0.29, 0.717) is 0 Å². The van der Waals surface area contributed by atoms with Crippen molar-refractivity contribution in [2.45, 2.75) is 26.2 Å². The van der Waals surface area contributed by atoms with Crippen LogP contribution in [-0.2, 0) is 7.05 Å². The normalized spacial score (nSPS) is 11.2. The summed E-state index contributed by atoms with van der Waals surface area (Å²) >= 11 is 0. The van der Waals surface area contributed by atoms with Crippen molar-refractivity contribution in [1.82, 2.24) is 19.7 Å². The molecule has 25 heavy (non-hydrogen) atoms. The van der Waals surface area contributed by atoms with Crippen LogP contribution in [0.25, 0.3) is 21.9 Å². The van der Waals surface area contributed by atoms with E-state index in [9.17, 15) is 0 Å². The van der Waals surface area contributed by atoms with Gasteiger partial charge in [0.2, 0.25) is 0 Å². The van der Waals surface area contributed by atoms with Gasteiger partial charge in [-0.2, -0.15) is 5.10 Å². The fourth-order valence-electron chi connectivity index (χ4n) is 3.23. The molecule has 0 saturated heterocycles. The van der Waals surface area contributed by atoms with Crippen molar-refractivity contribution in [2.24, 2.45) is 7.05 Å². The largest absolute Gasteiger partial charge is 0.384 e. The molecule has 1 N–H and O–H groups in total. The molecule has 0 saturated carbocycles. The van der Waals surface area contributed by atoms with Gasteiger partial charge in [-0.25, -0.2) is 4.98 Å². The molecule has 6 heteroatoms. The highest BCUT2D eigenvalue weighted by Crippen LogP contribution is 2.32. The van der Waals surface area contributed by atoms with E-state index in [1.54, 1.807) is 0 Å². The number of fused-ring (bicyclic) bond motifs is 2. The smallest absolute Gasteiger partial charge is 0.160 e. The maximum absolute atomic E-state index is 4.79. The first-order valence-electron chi connectivity index (χ1n) is 8.68. The minimum Gasteiger partial charge on any atom is -0.384 e. The SMILES string of the molecule is Cc1nn(C)c2nc3ccccc3c(NCCCCCN(C)C)c12.Cl. The molecule has 0 radical (unpaired) electrons. The summed E-state index contributed by atoms with van der Waals surface area (Å²) in [7, 11) is 6.22. The van der Waals surface area contributed by atoms with Crippen LogP contribution in [0, 0.1) is 6.92 Å². The average Bonchev–Trinajstić information content (AvgIpc) is 2.84. The third-order valence-corrected chi connectivity index (χ3v) is 4.43. The molecular formula is C19H28ClN5. The Morgan fingerprint density at radius 1 is 1.12 bits per heavy atom. The van der Waals surface area contributed by atoms with Gasteiger partial charge in [0.25, 0.3) is 0 Å². The minimum atomic E-state index is 0. The third kappa shape index (κ3) is 4.22. The zero-order chi connectivity index (χ0) is 17.1. The number of aryl methyl sites for hydroxylation is 2. The quantitative estimate of drug-likeness (QED) is 0.646. The Hall–Kier alpha value is -1.85. The topological polar surface area (TPSA) is 46.0 Å². The van der Waals surface area contributed by atoms with E-state index in [0.717, 1.165) is 35.3 Å². The molecule has 1 aromatic carbocycles. The molecule has 3 aromatic rings. The first-order valence-corrected chi connectivity index (χ1v) is 8.68. The second kappa shape index (κ2) is 8.50. The van der Waals surface area contributed by atoms with Crippen molar-refractivity contribution in [3.63, 3.8) is 0 Å². The Balaban J connectivity index is 0.00000225. The molecule has 0 unspecified atom stereocenters. The van der Waals surface area contributed by atoms with Crippen molar-refractivity contribution < 1.29 is 0 Å². The standard InChI is InChI=1S/C19H27N5.ClH/c1-14-17-18(20-12-8-5-9-13-23(2)3)15-10-6-7-11-16(15)21-19(17)24(4)22-14;/h6-7,10-11H,5,8-9,12-13H2,1-4H3,(H,20,21);1H. The Morgan fingerprint density at radius 3 is 2.64 bits per heavy atom. The Labute approximate surface area is 155 Å². The van der Waals surface area contributed by atoms with Gasteiger partial charge in [-0.1, -0.05) is 24.6 Å². The van der Waals surface area contributed by atoms with E-state index in [2.05, 4.69) is 54.5 Å². The second-order valence-corrected chi connectivity index (χ2v) is 6.70. The number of benzene rings is 1. The van der Waals surface area contributed by atoms with Crippen LogP contribution in [0.15, 0.2) is 24.3 Å². The van der Waals surface area contributed by atoms with E-state index in [-0.39, 0.29) is 12.4 Å². The molecule has 5 nitrogen and oxygen atoms in total. The van der Waals surface area contributed by atoms with Crippen LogP contribution in [0.2, 0.25) is 0 Å². The number of hydrogen-bond donors (Lipinski definition) is 1. The molecular weight excluding hydrogens is 334 g/mol. The lowest BCUT2D eigenvalue weighted by Gasteiger charge is -2.12. The highest BCUT2D eigenvalue weighted by Gasteiger charge is 2.14. The highest BCUT2D eigenvalue weighted by molar-refractivity contribution is 6.07. The van der Waals surface area contributed by atoms with Crippen molar-refractivity contribution in [1.29, 1.82) is 0 Å². The van der Waals surface area contributed by atoms with Crippen molar-refractivity contribution in [3.8, 4) is 0 Å². The van der Waals surface area contributed by atoms with Crippen molar-refractivity contribution in [2.75, 3.05) is 32.5 Å². The molecule has 0 fully saturated rings. The molecule has 0 aliphatic rings. The zero-order valence-electron chi connectivity index (χ0n) is 15.5. The summed E-state index contributed by atoms with van der Waals surface area (Å²) in [4.78, 5) is 7.03. The molecule has 0 amide bonds. The molecule has 0 bridgehead atoms. The van der Waals surface area contributed by atoms with Crippen LogP contribution in [0.3, 0.4) is 0 Å². The lowest BCUT2D eigenvalue weighted by Crippen LogP contribution is -2.13. The van der Waals surface area contributed by atoms with E-state index in [1.807, 2.05) is 17.8 Å². The van der Waals surface area contributed by atoms with Crippen LogP contribution in [0.4, 0.5) is 5.69 Å². The maximum atomic E-state index is 4.79. The minimum absolute atomic E-state index is 0. The maximum Gasteiger partial charge on any atom is 0.160 e. The predicted octanol–water partition coefficient (Wildman–Crippen LogP) is 4.00. The number of aromatic nitrogens is 3. The number of hydrogen-bond acceptors (Lipinski definition) is 4. The first kappa shape index (κ1) is 19.5. The monoisotopic (exact) mass is 361 g/mol. The molecule has 0 spiro atoms. The van der Waals surface area contributed by atoms with Gasteiger partial charge < -0.3 is 10.2 Å². The number of unbranched alkanes of at least 4 members (excludes halogenated alkanes) is 2. The molecule has 3 rings (SSSR count). The number of anilines is 1. The lowest BCUT2D eigenvalue weighted by molar-refractivity contribution is 0.393. The summed E-state index contributed by atoms with van der Waals surface area (Å²) in [5.74, 6) is 0.